The number of rotatable bonds is 2. The Labute approximate surface area is 90.8 Å². The molecule has 1 aliphatic rings. The van der Waals surface area contributed by atoms with Crippen LogP contribution in [0.3, 0.4) is 0 Å². The molecule has 1 rings (SSSR count). The van der Waals surface area contributed by atoms with E-state index in [0.717, 1.165) is 19.3 Å². The molecular formula is C11H21NO3. The normalized spacial score (nSPS) is 28.9. The third kappa shape index (κ3) is 3.47. The first-order valence-corrected chi connectivity index (χ1v) is 5.48. The zero-order valence-corrected chi connectivity index (χ0v) is 9.69. The minimum Gasteiger partial charge on any atom is -0.459 e. The number of aliphatic hydroxyl groups excluding tert-OH is 1. The van der Waals surface area contributed by atoms with Gasteiger partial charge in [0.25, 0.3) is 0 Å². The van der Waals surface area contributed by atoms with Crippen molar-refractivity contribution in [3.63, 3.8) is 0 Å². The molecule has 4 heteroatoms. The Morgan fingerprint density at radius 1 is 1.47 bits per heavy atom. The van der Waals surface area contributed by atoms with Gasteiger partial charge in [0.1, 0.15) is 11.6 Å². The lowest BCUT2D eigenvalue weighted by Crippen LogP contribution is -2.45. The summed E-state index contributed by atoms with van der Waals surface area (Å²) >= 11 is 0. The van der Waals surface area contributed by atoms with E-state index in [1.54, 1.807) is 0 Å². The minimum atomic E-state index is -0.693. The van der Waals surface area contributed by atoms with Crippen molar-refractivity contribution in [3.05, 3.63) is 0 Å². The summed E-state index contributed by atoms with van der Waals surface area (Å²) in [6, 6.07) is -0.693. The van der Waals surface area contributed by atoms with Gasteiger partial charge in [-0.05, 0) is 33.6 Å². The van der Waals surface area contributed by atoms with Gasteiger partial charge in [-0.25, -0.2) is 0 Å². The van der Waals surface area contributed by atoms with Crippen molar-refractivity contribution < 1.29 is 14.6 Å². The average molecular weight is 215 g/mol. The Bertz CT molecular complexity index is 234. The molecule has 0 saturated heterocycles. The summed E-state index contributed by atoms with van der Waals surface area (Å²) in [6.07, 6.45) is 2.03. The lowest BCUT2D eigenvalue weighted by Gasteiger charge is -2.26. The number of carbonyl (C=O) groups is 1. The summed E-state index contributed by atoms with van der Waals surface area (Å²) in [4.78, 5) is 11.6. The molecule has 0 radical (unpaired) electrons. The molecule has 1 unspecified atom stereocenters. The molecule has 3 N–H and O–H groups in total. The molecule has 0 aromatic heterocycles. The van der Waals surface area contributed by atoms with Crippen LogP contribution in [-0.2, 0) is 9.53 Å². The fourth-order valence-corrected chi connectivity index (χ4v) is 1.93. The van der Waals surface area contributed by atoms with E-state index in [1.807, 2.05) is 20.8 Å². The van der Waals surface area contributed by atoms with E-state index in [4.69, 9.17) is 10.5 Å². The van der Waals surface area contributed by atoms with E-state index in [-0.39, 0.29) is 5.92 Å². The van der Waals surface area contributed by atoms with Crippen LogP contribution < -0.4 is 5.73 Å². The van der Waals surface area contributed by atoms with Crippen molar-refractivity contribution in [1.29, 1.82) is 0 Å². The molecule has 0 aromatic rings. The van der Waals surface area contributed by atoms with E-state index >= 15 is 0 Å². The summed E-state index contributed by atoms with van der Waals surface area (Å²) in [5.41, 5.74) is 5.27. The maximum Gasteiger partial charge on any atom is 0.323 e. The standard InChI is InChI=1S/C11H21NO3/c1-11(2,3)15-10(14)9(12)7-5-4-6-8(7)13/h7-9,13H,4-6,12H2,1-3H3/t7?,8-,9+/m0/s1. The van der Waals surface area contributed by atoms with Crippen LogP contribution >= 0.6 is 0 Å². The zero-order valence-electron chi connectivity index (χ0n) is 9.69. The lowest BCUT2D eigenvalue weighted by molar-refractivity contribution is -0.158. The summed E-state index contributed by atoms with van der Waals surface area (Å²) in [5, 5.41) is 9.62. The Kier molecular flexibility index (Phi) is 3.73. The van der Waals surface area contributed by atoms with Gasteiger partial charge in [-0.2, -0.15) is 0 Å². The van der Waals surface area contributed by atoms with Gasteiger partial charge in [-0.15, -0.1) is 0 Å². The van der Waals surface area contributed by atoms with Crippen molar-refractivity contribution >= 4 is 5.97 Å². The van der Waals surface area contributed by atoms with Crippen molar-refractivity contribution in [3.8, 4) is 0 Å². The van der Waals surface area contributed by atoms with Gasteiger partial charge >= 0.3 is 5.97 Å². The van der Waals surface area contributed by atoms with Gasteiger partial charge in [0.2, 0.25) is 0 Å². The van der Waals surface area contributed by atoms with E-state index in [9.17, 15) is 9.90 Å². The van der Waals surface area contributed by atoms with Gasteiger partial charge in [0.15, 0.2) is 0 Å². The van der Waals surface area contributed by atoms with Crippen LogP contribution in [0.1, 0.15) is 40.0 Å². The molecule has 0 heterocycles. The van der Waals surface area contributed by atoms with Crippen LogP contribution in [0, 0.1) is 5.92 Å². The smallest absolute Gasteiger partial charge is 0.323 e. The molecule has 88 valence electrons. The Morgan fingerprint density at radius 2 is 2.07 bits per heavy atom. The summed E-state index contributed by atoms with van der Waals surface area (Å²) in [6.45, 7) is 5.42. The highest BCUT2D eigenvalue weighted by Gasteiger charge is 2.36. The summed E-state index contributed by atoms with van der Waals surface area (Å²) in [7, 11) is 0. The molecule has 3 atom stereocenters. The Balaban J connectivity index is 2.52. The number of ether oxygens (including phenoxy) is 1. The molecule has 1 fully saturated rings. The number of carbonyl (C=O) groups excluding carboxylic acids is 1. The molecule has 0 aliphatic heterocycles. The maximum atomic E-state index is 11.6. The predicted octanol–water partition coefficient (Wildman–Crippen LogP) is 0.816. The molecule has 1 saturated carbocycles. The number of esters is 1. The first-order chi connectivity index (χ1) is 6.81. The highest BCUT2D eigenvalue weighted by Crippen LogP contribution is 2.28. The maximum absolute atomic E-state index is 11.6. The average Bonchev–Trinajstić information content (AvgIpc) is 2.47. The van der Waals surface area contributed by atoms with Crippen LogP contribution in [0.5, 0.6) is 0 Å². The zero-order chi connectivity index (χ0) is 11.6. The highest BCUT2D eigenvalue weighted by molar-refractivity contribution is 5.76. The number of hydrogen-bond acceptors (Lipinski definition) is 4. The number of aliphatic hydroxyl groups is 1. The third-order valence-electron chi connectivity index (χ3n) is 2.67. The number of hydrogen-bond donors (Lipinski definition) is 2. The molecule has 4 nitrogen and oxygen atoms in total. The topological polar surface area (TPSA) is 72.5 Å². The molecule has 0 aromatic carbocycles. The van der Waals surface area contributed by atoms with E-state index in [1.165, 1.54) is 0 Å². The molecule has 0 spiro atoms. The van der Waals surface area contributed by atoms with Gasteiger partial charge in [0, 0.05) is 5.92 Å². The van der Waals surface area contributed by atoms with Gasteiger partial charge in [-0.3, -0.25) is 4.79 Å². The fourth-order valence-electron chi connectivity index (χ4n) is 1.93. The van der Waals surface area contributed by atoms with Crippen molar-refractivity contribution in [1.82, 2.24) is 0 Å². The molecule has 0 bridgehead atoms. The van der Waals surface area contributed by atoms with E-state index in [0.29, 0.717) is 0 Å². The van der Waals surface area contributed by atoms with Gasteiger partial charge in [0.05, 0.1) is 6.10 Å². The molecule has 1 aliphatic carbocycles. The van der Waals surface area contributed by atoms with E-state index < -0.39 is 23.7 Å². The molecule has 15 heavy (non-hydrogen) atoms. The highest BCUT2D eigenvalue weighted by atomic mass is 16.6. The van der Waals surface area contributed by atoms with Crippen LogP contribution in [0.4, 0.5) is 0 Å². The Morgan fingerprint density at radius 3 is 2.47 bits per heavy atom. The lowest BCUT2D eigenvalue weighted by atomic mass is 9.97. The van der Waals surface area contributed by atoms with Crippen molar-refractivity contribution in [2.45, 2.75) is 57.8 Å². The van der Waals surface area contributed by atoms with Gasteiger partial charge in [-0.1, -0.05) is 6.42 Å². The summed E-state index contributed by atoms with van der Waals surface area (Å²) in [5.74, 6) is -0.548. The van der Waals surface area contributed by atoms with Crippen LogP contribution in [0.25, 0.3) is 0 Å². The summed E-state index contributed by atoms with van der Waals surface area (Å²) < 4.78 is 5.19. The van der Waals surface area contributed by atoms with Crippen LogP contribution in [0.15, 0.2) is 0 Å². The van der Waals surface area contributed by atoms with Gasteiger partial charge < -0.3 is 15.6 Å². The first kappa shape index (κ1) is 12.5. The van der Waals surface area contributed by atoms with Crippen LogP contribution in [-0.4, -0.2) is 28.8 Å². The molecule has 0 amide bonds. The quantitative estimate of drug-likeness (QED) is 0.669. The first-order valence-electron chi connectivity index (χ1n) is 5.48. The largest absolute Gasteiger partial charge is 0.459 e. The molecular weight excluding hydrogens is 194 g/mol. The second-order valence-corrected chi connectivity index (χ2v) is 5.22. The second kappa shape index (κ2) is 4.49. The monoisotopic (exact) mass is 215 g/mol. The van der Waals surface area contributed by atoms with E-state index in [2.05, 4.69) is 0 Å². The minimum absolute atomic E-state index is 0.139. The fraction of sp³-hybridized carbons (Fsp3) is 0.909. The second-order valence-electron chi connectivity index (χ2n) is 5.22. The number of nitrogens with two attached hydrogens (primary N) is 1. The Hall–Kier alpha value is -0.610. The SMILES string of the molecule is CC(C)(C)OC(=O)[C@H](N)C1CCC[C@@H]1O. The third-order valence-corrected chi connectivity index (χ3v) is 2.67. The predicted molar refractivity (Wildman–Crippen MR) is 57.2 cm³/mol. The van der Waals surface area contributed by atoms with Crippen molar-refractivity contribution in [2.24, 2.45) is 11.7 Å². The van der Waals surface area contributed by atoms with Crippen molar-refractivity contribution in [2.75, 3.05) is 0 Å². The van der Waals surface area contributed by atoms with Crippen LogP contribution in [0.2, 0.25) is 0 Å².